The Hall–Kier alpha value is -1.60. The molecule has 0 fully saturated rings. The maximum Gasteiger partial charge on any atom is 0.222 e. The highest BCUT2D eigenvalue weighted by molar-refractivity contribution is 7.16. The van der Waals surface area contributed by atoms with E-state index in [9.17, 15) is 0 Å². The lowest BCUT2D eigenvalue weighted by Crippen LogP contribution is -1.96. The summed E-state index contributed by atoms with van der Waals surface area (Å²) in [6.45, 7) is 0. The molecule has 0 saturated carbocycles. The minimum Gasteiger partial charge on any atom is -0.368 e. The van der Waals surface area contributed by atoms with Crippen molar-refractivity contribution >= 4 is 27.5 Å². The van der Waals surface area contributed by atoms with Gasteiger partial charge in [-0.15, -0.1) is 17.8 Å². The Kier molecular flexibility index (Phi) is 1.45. The van der Waals surface area contributed by atoms with Crippen LogP contribution in [0.3, 0.4) is 0 Å². The van der Waals surface area contributed by atoms with E-state index >= 15 is 0 Å². The molecule has 12 heavy (non-hydrogen) atoms. The Balaban J connectivity index is 2.91. The van der Waals surface area contributed by atoms with Gasteiger partial charge in [-0.3, -0.25) is 0 Å². The Morgan fingerprint density at radius 2 is 2.33 bits per heavy atom. The fourth-order valence-corrected chi connectivity index (χ4v) is 1.75. The average Bonchev–Trinajstić information content (AvgIpc) is 2.50. The minimum atomic E-state index is 0.234. The molecule has 0 aliphatic heterocycles. The number of aromatic nitrogens is 2. The second kappa shape index (κ2) is 2.47. The van der Waals surface area contributed by atoms with E-state index < -0.39 is 0 Å². The van der Waals surface area contributed by atoms with E-state index in [-0.39, 0.29) is 5.95 Å². The van der Waals surface area contributed by atoms with Crippen molar-refractivity contribution in [1.82, 2.24) is 9.97 Å². The third-order valence-electron chi connectivity index (χ3n) is 1.48. The number of anilines is 1. The second-order valence-electron chi connectivity index (χ2n) is 2.21. The summed E-state index contributed by atoms with van der Waals surface area (Å²) in [6.07, 6.45) is 5.25. The van der Waals surface area contributed by atoms with E-state index in [0.29, 0.717) is 5.69 Å². The number of fused-ring (bicyclic) bond motifs is 1. The highest BCUT2D eigenvalue weighted by Crippen LogP contribution is 2.21. The van der Waals surface area contributed by atoms with Crippen molar-refractivity contribution in [1.29, 1.82) is 0 Å². The van der Waals surface area contributed by atoms with Gasteiger partial charge in [-0.05, 0) is 17.4 Å². The second-order valence-corrected chi connectivity index (χ2v) is 3.11. The Morgan fingerprint density at radius 3 is 3.08 bits per heavy atom. The molecule has 0 aliphatic rings. The normalized spacial score (nSPS) is 9.92. The predicted octanol–water partition coefficient (Wildman–Crippen LogP) is 1.25. The first-order valence-electron chi connectivity index (χ1n) is 3.28. The smallest absolute Gasteiger partial charge is 0.222 e. The highest BCUT2D eigenvalue weighted by atomic mass is 32.1. The van der Waals surface area contributed by atoms with Gasteiger partial charge in [0.05, 0.1) is 0 Å². The van der Waals surface area contributed by atoms with Gasteiger partial charge >= 0.3 is 0 Å². The quantitative estimate of drug-likeness (QED) is 0.613. The summed E-state index contributed by atoms with van der Waals surface area (Å²) in [5.41, 5.74) is 6.02. The summed E-state index contributed by atoms with van der Waals surface area (Å²) < 4.78 is 0. The summed E-state index contributed by atoms with van der Waals surface area (Å²) in [7, 11) is 0. The first-order valence-corrected chi connectivity index (χ1v) is 4.16. The summed E-state index contributed by atoms with van der Waals surface area (Å²) in [5, 5.41) is 2.82. The van der Waals surface area contributed by atoms with Crippen molar-refractivity contribution in [2.24, 2.45) is 0 Å². The molecule has 0 unspecified atom stereocenters. The monoisotopic (exact) mass is 175 g/mol. The number of nitrogens with zero attached hydrogens (tertiary/aromatic N) is 2. The van der Waals surface area contributed by atoms with Gasteiger partial charge in [0.15, 0.2) is 0 Å². The van der Waals surface area contributed by atoms with Gasteiger partial charge < -0.3 is 5.73 Å². The molecule has 0 aliphatic carbocycles. The zero-order chi connectivity index (χ0) is 8.55. The molecule has 0 radical (unpaired) electrons. The molecule has 0 spiro atoms. The summed E-state index contributed by atoms with van der Waals surface area (Å²) in [5.74, 6) is 2.71. The van der Waals surface area contributed by atoms with Crippen LogP contribution in [0.15, 0.2) is 11.4 Å². The number of hydrogen-bond donors (Lipinski definition) is 1. The molecule has 2 rings (SSSR count). The molecular weight excluding hydrogens is 170 g/mol. The number of hydrogen-bond acceptors (Lipinski definition) is 4. The Labute approximate surface area is 73.3 Å². The lowest BCUT2D eigenvalue weighted by atomic mass is 10.3. The number of thiophene rings is 1. The standard InChI is InChI=1S/C8H5N3S/c1-2-6-5-3-4-12-7(5)11-8(9)10-6/h1,3-4H,(H2,9,10,11). The van der Waals surface area contributed by atoms with Crippen molar-refractivity contribution in [2.75, 3.05) is 5.73 Å². The summed E-state index contributed by atoms with van der Waals surface area (Å²) in [4.78, 5) is 8.81. The topological polar surface area (TPSA) is 51.8 Å². The van der Waals surface area contributed by atoms with E-state index in [2.05, 4.69) is 15.9 Å². The highest BCUT2D eigenvalue weighted by Gasteiger charge is 2.03. The van der Waals surface area contributed by atoms with E-state index in [4.69, 9.17) is 12.2 Å². The van der Waals surface area contributed by atoms with Crippen LogP contribution in [0, 0.1) is 12.3 Å². The van der Waals surface area contributed by atoms with Gasteiger partial charge in [-0.1, -0.05) is 0 Å². The first-order chi connectivity index (χ1) is 5.81. The molecule has 0 saturated heterocycles. The van der Waals surface area contributed by atoms with Crippen molar-refractivity contribution in [3.63, 3.8) is 0 Å². The lowest BCUT2D eigenvalue weighted by molar-refractivity contribution is 1.23. The van der Waals surface area contributed by atoms with Crippen LogP contribution in [0.2, 0.25) is 0 Å². The van der Waals surface area contributed by atoms with E-state index in [1.807, 2.05) is 11.4 Å². The van der Waals surface area contributed by atoms with Crippen LogP contribution in [-0.2, 0) is 0 Å². The molecule has 0 amide bonds. The molecule has 0 atom stereocenters. The average molecular weight is 175 g/mol. The zero-order valence-corrected chi connectivity index (χ0v) is 6.93. The molecule has 58 valence electrons. The lowest BCUT2D eigenvalue weighted by Gasteiger charge is -1.94. The SMILES string of the molecule is C#Cc1nc(N)nc2sccc12. The van der Waals surface area contributed by atoms with Crippen LogP contribution >= 0.6 is 11.3 Å². The van der Waals surface area contributed by atoms with Crippen LogP contribution in [0.25, 0.3) is 10.2 Å². The Morgan fingerprint density at radius 1 is 1.50 bits per heavy atom. The minimum absolute atomic E-state index is 0.234. The van der Waals surface area contributed by atoms with Crippen LogP contribution in [-0.4, -0.2) is 9.97 Å². The van der Waals surface area contributed by atoms with Crippen molar-refractivity contribution in [3.05, 3.63) is 17.1 Å². The van der Waals surface area contributed by atoms with Gasteiger partial charge in [0.2, 0.25) is 5.95 Å². The van der Waals surface area contributed by atoms with Crippen LogP contribution in [0.1, 0.15) is 5.69 Å². The zero-order valence-electron chi connectivity index (χ0n) is 6.11. The Bertz CT molecular complexity index is 467. The predicted molar refractivity (Wildman–Crippen MR) is 49.8 cm³/mol. The molecular formula is C8H5N3S. The molecule has 2 N–H and O–H groups in total. The maximum absolute atomic E-state index is 5.45. The third kappa shape index (κ3) is 0.917. The number of nitrogens with two attached hydrogens (primary N) is 1. The van der Waals surface area contributed by atoms with E-state index in [1.165, 1.54) is 11.3 Å². The van der Waals surface area contributed by atoms with E-state index in [0.717, 1.165) is 10.2 Å². The summed E-state index contributed by atoms with van der Waals surface area (Å²) in [6, 6.07) is 1.90. The van der Waals surface area contributed by atoms with Gasteiger partial charge in [0.1, 0.15) is 10.5 Å². The molecule has 3 nitrogen and oxygen atoms in total. The molecule has 0 aromatic carbocycles. The number of terminal acetylenes is 1. The van der Waals surface area contributed by atoms with Crippen LogP contribution < -0.4 is 5.73 Å². The first kappa shape index (κ1) is 7.07. The molecule has 0 bridgehead atoms. The van der Waals surface area contributed by atoms with Gasteiger partial charge in [0.25, 0.3) is 0 Å². The number of rotatable bonds is 0. The van der Waals surface area contributed by atoms with Gasteiger partial charge in [-0.25, -0.2) is 9.97 Å². The fourth-order valence-electron chi connectivity index (χ4n) is 0.982. The van der Waals surface area contributed by atoms with Crippen LogP contribution in [0.4, 0.5) is 5.95 Å². The van der Waals surface area contributed by atoms with Crippen molar-refractivity contribution in [3.8, 4) is 12.3 Å². The number of nitrogen functional groups attached to an aromatic ring is 1. The van der Waals surface area contributed by atoms with Crippen molar-refractivity contribution in [2.45, 2.75) is 0 Å². The molecule has 2 aromatic rings. The molecule has 2 aromatic heterocycles. The van der Waals surface area contributed by atoms with Crippen molar-refractivity contribution < 1.29 is 0 Å². The largest absolute Gasteiger partial charge is 0.368 e. The third-order valence-corrected chi connectivity index (χ3v) is 2.29. The van der Waals surface area contributed by atoms with Gasteiger partial charge in [0, 0.05) is 5.39 Å². The maximum atomic E-state index is 5.45. The molecule has 2 heterocycles. The fraction of sp³-hybridized carbons (Fsp3) is 0. The van der Waals surface area contributed by atoms with E-state index in [1.54, 1.807) is 0 Å². The molecule has 4 heteroatoms. The van der Waals surface area contributed by atoms with Gasteiger partial charge in [-0.2, -0.15) is 0 Å². The van der Waals surface area contributed by atoms with Crippen LogP contribution in [0.5, 0.6) is 0 Å². The summed E-state index contributed by atoms with van der Waals surface area (Å²) >= 11 is 1.50.